The fraction of sp³-hybridized carbons (Fsp3) is 0. The van der Waals surface area contributed by atoms with E-state index in [0.717, 1.165) is 82.8 Å². The number of furan rings is 2. The predicted octanol–water partition coefficient (Wildman–Crippen LogP) is 12.0. The first-order valence-electron chi connectivity index (χ1n) is 16.6. The SMILES string of the molecule is c1ccc(-c2cccc(-c3nc(-c4cccc5c4oc4ccccc45)nc(-c4cccc5oc6ccc(-c7ccccc7)cc6c45)n3)c2)cc1. The molecule has 0 unspecified atom stereocenters. The molecule has 0 fully saturated rings. The van der Waals surface area contributed by atoms with Crippen molar-refractivity contribution in [2.75, 3.05) is 0 Å². The van der Waals surface area contributed by atoms with Crippen LogP contribution in [0.3, 0.4) is 0 Å². The zero-order chi connectivity index (χ0) is 33.0. The lowest BCUT2D eigenvalue weighted by Crippen LogP contribution is -2.00. The first-order chi connectivity index (χ1) is 24.8. The molecule has 10 aromatic rings. The Bertz CT molecular complexity index is 2870. The number of hydrogen-bond acceptors (Lipinski definition) is 5. The molecule has 0 atom stereocenters. The van der Waals surface area contributed by atoms with Gasteiger partial charge in [0.25, 0.3) is 0 Å². The molecule has 0 bridgehead atoms. The van der Waals surface area contributed by atoms with Crippen LogP contribution >= 0.6 is 0 Å². The molecule has 0 saturated heterocycles. The van der Waals surface area contributed by atoms with Crippen molar-refractivity contribution in [2.45, 2.75) is 0 Å². The van der Waals surface area contributed by atoms with Crippen molar-refractivity contribution >= 4 is 43.9 Å². The van der Waals surface area contributed by atoms with Gasteiger partial charge in [-0.25, -0.2) is 15.0 Å². The third-order valence-corrected chi connectivity index (χ3v) is 9.35. The minimum Gasteiger partial charge on any atom is -0.456 e. The van der Waals surface area contributed by atoms with Crippen molar-refractivity contribution in [3.63, 3.8) is 0 Å². The van der Waals surface area contributed by atoms with E-state index in [1.165, 1.54) is 0 Å². The first-order valence-corrected chi connectivity index (χ1v) is 16.6. The highest BCUT2D eigenvalue weighted by Gasteiger charge is 2.21. The van der Waals surface area contributed by atoms with Crippen LogP contribution < -0.4 is 0 Å². The molecule has 5 nitrogen and oxygen atoms in total. The van der Waals surface area contributed by atoms with Gasteiger partial charge in [0, 0.05) is 32.7 Å². The highest BCUT2D eigenvalue weighted by Crippen LogP contribution is 2.40. The Labute approximate surface area is 287 Å². The highest BCUT2D eigenvalue weighted by molar-refractivity contribution is 6.13. The third kappa shape index (κ3) is 4.67. The summed E-state index contributed by atoms with van der Waals surface area (Å²) in [4.78, 5) is 15.5. The normalized spacial score (nSPS) is 11.6. The smallest absolute Gasteiger partial charge is 0.167 e. The summed E-state index contributed by atoms with van der Waals surface area (Å²) in [5.41, 5.74) is 10.2. The van der Waals surface area contributed by atoms with Crippen molar-refractivity contribution in [1.29, 1.82) is 0 Å². The maximum absolute atomic E-state index is 6.46. The second-order valence-electron chi connectivity index (χ2n) is 12.4. The van der Waals surface area contributed by atoms with Gasteiger partial charge in [-0.15, -0.1) is 0 Å². The predicted molar refractivity (Wildman–Crippen MR) is 202 cm³/mol. The lowest BCUT2D eigenvalue weighted by Gasteiger charge is -2.11. The van der Waals surface area contributed by atoms with E-state index >= 15 is 0 Å². The minimum absolute atomic E-state index is 0.537. The molecule has 10 rings (SSSR count). The van der Waals surface area contributed by atoms with Crippen LogP contribution in [-0.4, -0.2) is 15.0 Å². The van der Waals surface area contributed by atoms with E-state index in [4.69, 9.17) is 23.8 Å². The van der Waals surface area contributed by atoms with Crippen LogP contribution in [0.15, 0.2) is 173 Å². The summed E-state index contributed by atoms with van der Waals surface area (Å²) in [5, 5.41) is 4.04. The summed E-state index contributed by atoms with van der Waals surface area (Å²) in [6.45, 7) is 0. The van der Waals surface area contributed by atoms with Crippen molar-refractivity contribution in [2.24, 2.45) is 0 Å². The quantitative estimate of drug-likeness (QED) is 0.187. The van der Waals surface area contributed by atoms with E-state index in [1.54, 1.807) is 0 Å². The number of fused-ring (bicyclic) bond motifs is 6. The van der Waals surface area contributed by atoms with E-state index in [2.05, 4.69) is 91.0 Å². The Hall–Kier alpha value is -6.85. The van der Waals surface area contributed by atoms with Crippen LogP contribution in [0.2, 0.25) is 0 Å². The Kier molecular flexibility index (Phi) is 6.42. The van der Waals surface area contributed by atoms with Crippen LogP contribution in [0.25, 0.3) is 100 Å². The fourth-order valence-electron chi connectivity index (χ4n) is 6.96. The fourth-order valence-corrected chi connectivity index (χ4v) is 6.96. The Morgan fingerprint density at radius 2 is 0.880 bits per heavy atom. The molecule has 0 aliphatic rings. The van der Waals surface area contributed by atoms with Gasteiger partial charge in [0.15, 0.2) is 17.5 Å². The molecule has 0 spiro atoms. The summed E-state index contributed by atoms with van der Waals surface area (Å²) in [6, 6.07) is 55.7. The van der Waals surface area contributed by atoms with Gasteiger partial charge in [0.05, 0.1) is 5.56 Å². The number of aromatic nitrogens is 3. The summed E-state index contributed by atoms with van der Waals surface area (Å²) in [5.74, 6) is 1.67. The number of nitrogens with zero attached hydrogens (tertiary/aromatic N) is 3. The topological polar surface area (TPSA) is 65.0 Å². The second-order valence-corrected chi connectivity index (χ2v) is 12.4. The number of para-hydroxylation sites is 2. The molecule has 3 heterocycles. The maximum atomic E-state index is 6.46. The number of rotatable bonds is 5. The molecule has 0 aliphatic carbocycles. The van der Waals surface area contributed by atoms with E-state index in [-0.39, 0.29) is 0 Å². The number of hydrogen-bond donors (Lipinski definition) is 0. The molecule has 3 aromatic heterocycles. The summed E-state index contributed by atoms with van der Waals surface area (Å²) in [7, 11) is 0. The lowest BCUT2D eigenvalue weighted by atomic mass is 10.0. The van der Waals surface area contributed by atoms with Crippen LogP contribution in [0.4, 0.5) is 0 Å². The first kappa shape index (κ1) is 28.2. The molecule has 7 aromatic carbocycles. The Balaban J connectivity index is 1.23. The molecule has 0 N–H and O–H groups in total. The summed E-state index contributed by atoms with van der Waals surface area (Å²) >= 11 is 0. The van der Waals surface area contributed by atoms with Crippen molar-refractivity contribution in [1.82, 2.24) is 15.0 Å². The third-order valence-electron chi connectivity index (χ3n) is 9.35. The largest absolute Gasteiger partial charge is 0.456 e. The van der Waals surface area contributed by atoms with Gasteiger partial charge in [0.2, 0.25) is 0 Å². The molecular weight excluding hydrogens is 615 g/mol. The van der Waals surface area contributed by atoms with Crippen LogP contribution in [0.5, 0.6) is 0 Å². The van der Waals surface area contributed by atoms with Crippen LogP contribution in [0, 0.1) is 0 Å². The van der Waals surface area contributed by atoms with E-state index < -0.39 is 0 Å². The molecule has 50 heavy (non-hydrogen) atoms. The average Bonchev–Trinajstić information content (AvgIpc) is 3.77. The maximum Gasteiger partial charge on any atom is 0.167 e. The van der Waals surface area contributed by atoms with Gasteiger partial charge in [-0.2, -0.15) is 0 Å². The zero-order valence-electron chi connectivity index (χ0n) is 26.7. The van der Waals surface area contributed by atoms with Crippen molar-refractivity contribution < 1.29 is 8.83 Å². The summed E-state index contributed by atoms with van der Waals surface area (Å²) < 4.78 is 12.9. The van der Waals surface area contributed by atoms with Gasteiger partial charge in [0.1, 0.15) is 22.3 Å². The minimum atomic E-state index is 0.537. The van der Waals surface area contributed by atoms with Crippen molar-refractivity contribution in [3.05, 3.63) is 164 Å². The lowest BCUT2D eigenvalue weighted by molar-refractivity contribution is 0.668. The average molecular weight is 642 g/mol. The molecule has 5 heteroatoms. The molecule has 0 radical (unpaired) electrons. The van der Waals surface area contributed by atoms with Gasteiger partial charge in [-0.05, 0) is 58.7 Å². The van der Waals surface area contributed by atoms with E-state index in [0.29, 0.717) is 17.5 Å². The standard InChI is InChI=1S/C45H27N3O2/c1-3-12-28(13-4-1)30-16-9-17-32(26-30)43-46-44(48-45(47-43)36-21-10-19-34-33-18-7-8-22-38(33)50-42(34)36)35-20-11-23-40-41(35)37-27-31(24-25-39(37)49-40)29-14-5-2-6-15-29/h1-27H. The summed E-state index contributed by atoms with van der Waals surface area (Å²) in [6.07, 6.45) is 0. The van der Waals surface area contributed by atoms with E-state index in [1.807, 2.05) is 72.8 Å². The Morgan fingerprint density at radius 3 is 1.70 bits per heavy atom. The van der Waals surface area contributed by atoms with Gasteiger partial charge in [-0.3, -0.25) is 0 Å². The van der Waals surface area contributed by atoms with Gasteiger partial charge in [-0.1, -0.05) is 127 Å². The number of benzene rings is 7. The molecule has 234 valence electrons. The second kappa shape index (κ2) is 11.4. The van der Waals surface area contributed by atoms with E-state index in [9.17, 15) is 0 Å². The molecule has 0 amide bonds. The van der Waals surface area contributed by atoms with Crippen LogP contribution in [-0.2, 0) is 0 Å². The van der Waals surface area contributed by atoms with Crippen LogP contribution in [0.1, 0.15) is 0 Å². The van der Waals surface area contributed by atoms with Crippen molar-refractivity contribution in [3.8, 4) is 56.4 Å². The van der Waals surface area contributed by atoms with Gasteiger partial charge >= 0.3 is 0 Å². The molecular formula is C45H27N3O2. The van der Waals surface area contributed by atoms with Gasteiger partial charge < -0.3 is 8.83 Å². The zero-order valence-corrected chi connectivity index (χ0v) is 26.7. The molecule has 0 aliphatic heterocycles. The highest BCUT2D eigenvalue weighted by atomic mass is 16.3. The molecule has 0 saturated carbocycles. The Morgan fingerprint density at radius 1 is 0.320 bits per heavy atom. The monoisotopic (exact) mass is 641 g/mol.